The molecule has 0 bridgehead atoms. The summed E-state index contributed by atoms with van der Waals surface area (Å²) in [7, 11) is 0. The van der Waals surface area contributed by atoms with Crippen LogP contribution in [-0.2, 0) is 16.1 Å². The molecule has 4 rings (SSSR count). The average Bonchev–Trinajstić information content (AvgIpc) is 3.12. The van der Waals surface area contributed by atoms with Gasteiger partial charge in [-0.15, -0.1) is 0 Å². The number of hydrogen-bond acceptors (Lipinski definition) is 3. The Kier molecular flexibility index (Phi) is 6.96. The minimum absolute atomic E-state index is 0.0162. The Morgan fingerprint density at radius 3 is 2.32 bits per heavy atom. The van der Waals surface area contributed by atoms with E-state index in [4.69, 9.17) is 0 Å². The van der Waals surface area contributed by atoms with E-state index < -0.39 is 6.04 Å². The van der Waals surface area contributed by atoms with Gasteiger partial charge in [0.25, 0.3) is 5.91 Å². The predicted octanol–water partition coefficient (Wildman–Crippen LogP) is 4.52. The summed E-state index contributed by atoms with van der Waals surface area (Å²) in [5.74, 6) is -0.607. The lowest BCUT2D eigenvalue weighted by Gasteiger charge is -2.32. The number of carbonyl (C=O) groups is 3. The molecule has 0 fully saturated rings. The minimum Gasteiger partial charge on any atom is -0.352 e. The highest BCUT2D eigenvalue weighted by Crippen LogP contribution is 2.37. The van der Waals surface area contributed by atoms with E-state index >= 15 is 0 Å². The largest absolute Gasteiger partial charge is 0.352 e. The maximum atomic E-state index is 13.7. The van der Waals surface area contributed by atoms with Crippen LogP contribution in [0.25, 0.3) is 10.8 Å². The van der Waals surface area contributed by atoms with Crippen molar-refractivity contribution in [2.45, 2.75) is 52.2 Å². The lowest BCUT2D eigenvalue weighted by Crippen LogP contribution is -2.53. The second-order valence-electron chi connectivity index (χ2n) is 8.82. The zero-order valence-electron chi connectivity index (χ0n) is 20.0. The first-order valence-electron chi connectivity index (χ1n) is 11.9. The number of nitrogens with zero attached hydrogens (tertiary/aromatic N) is 2. The Balaban J connectivity index is 1.64. The number of nitrogens with one attached hydrogen (secondary N) is 1. The molecule has 0 spiro atoms. The third kappa shape index (κ3) is 4.53. The molecule has 6 heteroatoms. The summed E-state index contributed by atoms with van der Waals surface area (Å²) in [4.78, 5) is 43.2. The molecule has 176 valence electrons. The third-order valence-electron chi connectivity index (χ3n) is 6.53. The Morgan fingerprint density at radius 1 is 0.941 bits per heavy atom. The molecule has 1 heterocycles. The van der Waals surface area contributed by atoms with E-state index in [1.807, 2.05) is 81.4 Å². The highest BCUT2D eigenvalue weighted by Gasteiger charge is 2.35. The quantitative estimate of drug-likeness (QED) is 0.514. The van der Waals surface area contributed by atoms with E-state index in [2.05, 4.69) is 5.32 Å². The molecule has 1 aliphatic rings. The Morgan fingerprint density at radius 2 is 1.65 bits per heavy atom. The first kappa shape index (κ1) is 23.5. The summed E-state index contributed by atoms with van der Waals surface area (Å²) in [6.07, 6.45) is 1.28. The topological polar surface area (TPSA) is 69.7 Å². The maximum Gasteiger partial charge on any atom is 0.259 e. The molecule has 6 nitrogen and oxygen atoms in total. The fourth-order valence-electron chi connectivity index (χ4n) is 4.50. The molecule has 3 aromatic carbocycles. The number of rotatable bonds is 9. The molecular weight excluding hydrogens is 426 g/mol. The zero-order valence-corrected chi connectivity index (χ0v) is 20.0. The normalized spacial score (nSPS) is 14.2. The summed E-state index contributed by atoms with van der Waals surface area (Å²) in [5.41, 5.74) is 2.28. The molecule has 0 aliphatic carbocycles. The third-order valence-corrected chi connectivity index (χ3v) is 6.53. The van der Waals surface area contributed by atoms with Crippen molar-refractivity contribution in [2.75, 3.05) is 11.4 Å². The molecular formula is C28H31N3O3. The number of anilines is 1. The van der Waals surface area contributed by atoms with Gasteiger partial charge in [0, 0.05) is 23.5 Å². The first-order valence-corrected chi connectivity index (χ1v) is 11.9. The van der Waals surface area contributed by atoms with Gasteiger partial charge >= 0.3 is 0 Å². The predicted molar refractivity (Wildman–Crippen MR) is 135 cm³/mol. The van der Waals surface area contributed by atoms with Gasteiger partial charge in [0.1, 0.15) is 12.6 Å². The highest BCUT2D eigenvalue weighted by molar-refractivity contribution is 6.26. The van der Waals surface area contributed by atoms with Crippen molar-refractivity contribution in [3.8, 4) is 0 Å². The van der Waals surface area contributed by atoms with Gasteiger partial charge < -0.3 is 10.2 Å². The van der Waals surface area contributed by atoms with E-state index in [0.717, 1.165) is 28.4 Å². The highest BCUT2D eigenvalue weighted by atomic mass is 16.2. The lowest BCUT2D eigenvalue weighted by molar-refractivity contribution is -0.140. The van der Waals surface area contributed by atoms with E-state index in [1.54, 1.807) is 11.0 Å². The molecule has 0 saturated heterocycles. The van der Waals surface area contributed by atoms with E-state index in [-0.39, 0.29) is 30.3 Å². The summed E-state index contributed by atoms with van der Waals surface area (Å²) < 4.78 is 0. The number of carbonyl (C=O) groups excluding carboxylic acids is 3. The van der Waals surface area contributed by atoms with Crippen molar-refractivity contribution in [1.82, 2.24) is 10.2 Å². The molecule has 0 radical (unpaired) electrons. The molecule has 1 aliphatic heterocycles. The molecule has 3 aromatic rings. The molecule has 0 aromatic heterocycles. The Bertz CT molecular complexity index is 1200. The van der Waals surface area contributed by atoms with Crippen LogP contribution in [0, 0.1) is 0 Å². The van der Waals surface area contributed by atoms with E-state index in [0.29, 0.717) is 18.5 Å². The van der Waals surface area contributed by atoms with Crippen LogP contribution in [-0.4, -0.2) is 41.2 Å². The van der Waals surface area contributed by atoms with Gasteiger partial charge in [-0.05, 0) is 42.8 Å². The van der Waals surface area contributed by atoms with E-state index in [1.165, 1.54) is 4.90 Å². The van der Waals surface area contributed by atoms with E-state index in [9.17, 15) is 14.4 Å². The van der Waals surface area contributed by atoms with Gasteiger partial charge in [0.2, 0.25) is 11.8 Å². The molecule has 1 N–H and O–H groups in total. The molecule has 2 unspecified atom stereocenters. The van der Waals surface area contributed by atoms with Gasteiger partial charge in [-0.1, -0.05) is 68.4 Å². The molecule has 2 atom stereocenters. The van der Waals surface area contributed by atoms with Crippen LogP contribution in [0.3, 0.4) is 0 Å². The SMILES string of the molecule is CCC(C)NC(=O)C(CC)N(Cc1ccccc1)C(=O)CN1C(=O)c2cccc3cccc1c23. The van der Waals surface area contributed by atoms with Gasteiger partial charge in [-0.2, -0.15) is 0 Å². The van der Waals surface area contributed by atoms with Crippen LogP contribution in [0.1, 0.15) is 49.5 Å². The monoisotopic (exact) mass is 457 g/mol. The van der Waals surface area contributed by atoms with Crippen molar-refractivity contribution in [3.63, 3.8) is 0 Å². The average molecular weight is 458 g/mol. The summed E-state index contributed by atoms with van der Waals surface area (Å²) in [5, 5.41) is 4.87. The molecule has 34 heavy (non-hydrogen) atoms. The number of benzene rings is 3. The van der Waals surface area contributed by atoms with Crippen LogP contribution in [0.2, 0.25) is 0 Å². The van der Waals surface area contributed by atoms with Crippen molar-refractivity contribution < 1.29 is 14.4 Å². The van der Waals surface area contributed by atoms with Crippen LogP contribution in [0.15, 0.2) is 66.7 Å². The molecule has 3 amide bonds. The fourth-order valence-corrected chi connectivity index (χ4v) is 4.50. The maximum absolute atomic E-state index is 13.7. The van der Waals surface area contributed by atoms with Crippen molar-refractivity contribution in [1.29, 1.82) is 0 Å². The zero-order chi connectivity index (χ0) is 24.2. The fraction of sp³-hybridized carbons (Fsp3) is 0.321. The van der Waals surface area contributed by atoms with Crippen molar-refractivity contribution >= 4 is 34.2 Å². The van der Waals surface area contributed by atoms with Crippen LogP contribution < -0.4 is 10.2 Å². The smallest absolute Gasteiger partial charge is 0.259 e. The van der Waals surface area contributed by atoms with Crippen LogP contribution >= 0.6 is 0 Å². The van der Waals surface area contributed by atoms with Crippen LogP contribution in [0.5, 0.6) is 0 Å². The van der Waals surface area contributed by atoms with Gasteiger partial charge in [-0.3, -0.25) is 19.3 Å². The Labute approximate surface area is 200 Å². The second-order valence-corrected chi connectivity index (χ2v) is 8.82. The summed E-state index contributed by atoms with van der Waals surface area (Å²) in [6, 6.07) is 20.4. The lowest BCUT2D eigenvalue weighted by atomic mass is 10.1. The van der Waals surface area contributed by atoms with Crippen molar-refractivity contribution in [2.24, 2.45) is 0 Å². The van der Waals surface area contributed by atoms with Gasteiger partial charge in [-0.25, -0.2) is 0 Å². The minimum atomic E-state index is -0.627. The van der Waals surface area contributed by atoms with Crippen molar-refractivity contribution in [3.05, 3.63) is 77.9 Å². The van der Waals surface area contributed by atoms with Gasteiger partial charge in [0.15, 0.2) is 0 Å². The van der Waals surface area contributed by atoms with Gasteiger partial charge in [0.05, 0.1) is 5.69 Å². The number of amides is 3. The number of hydrogen-bond donors (Lipinski definition) is 1. The van der Waals surface area contributed by atoms with Crippen LogP contribution in [0.4, 0.5) is 5.69 Å². The first-order chi connectivity index (χ1) is 16.4. The molecule has 0 saturated carbocycles. The standard InChI is InChI=1S/C28H31N3O3/c1-4-19(3)29-27(33)23(5-2)30(17-20-11-7-6-8-12-20)25(32)18-31-24-16-10-14-21-13-9-15-22(26(21)24)28(31)34/h6-16,19,23H,4-5,17-18H2,1-3H3,(H,29,33). The Hall–Kier alpha value is -3.67. The second kappa shape index (κ2) is 10.1. The summed E-state index contributed by atoms with van der Waals surface area (Å²) in [6.45, 7) is 6.05. The summed E-state index contributed by atoms with van der Waals surface area (Å²) >= 11 is 0.